The highest BCUT2D eigenvalue weighted by Crippen LogP contribution is 2.17. The summed E-state index contributed by atoms with van der Waals surface area (Å²) in [5.41, 5.74) is 1.54. The standard InChI is InChI=1S/C38H56N4O8/c1-8-24(6)34(40-31(44)21-27-17-14-18-28(19-27)50-10-3)36(46)39-29(20-26-15-12-11-13-16-26)30(43)22-32(45)41-35(25(7)9-2)37(47)42-33(23(4)5)38(48)49/h11-19,23-25,29-30,33-35,43H,8-10,20-22H2,1-7H3,(H,39,46)(H,40,44)(H,41,45)(H,42,47)(H,48,49)/t24-,25-,29-,30-,33?,34-,35-/m0/s1. The maximum Gasteiger partial charge on any atom is 0.326 e. The molecule has 1 unspecified atom stereocenters. The first-order chi connectivity index (χ1) is 23.7. The van der Waals surface area contributed by atoms with Crippen molar-refractivity contribution in [2.45, 2.75) is 111 Å². The second kappa shape index (κ2) is 20.9. The number of nitrogens with one attached hydrogen (secondary N) is 4. The van der Waals surface area contributed by atoms with Gasteiger partial charge < -0.3 is 36.2 Å². The number of ether oxygens (including phenoxy) is 1. The second-order valence-corrected chi connectivity index (χ2v) is 13.3. The third kappa shape index (κ3) is 13.5. The fraction of sp³-hybridized carbons (Fsp3) is 0.553. The van der Waals surface area contributed by atoms with Gasteiger partial charge in [0.05, 0.1) is 31.6 Å². The lowest BCUT2D eigenvalue weighted by molar-refractivity contribution is -0.143. The van der Waals surface area contributed by atoms with Crippen LogP contribution >= 0.6 is 0 Å². The zero-order chi connectivity index (χ0) is 37.4. The smallest absolute Gasteiger partial charge is 0.326 e. The lowest BCUT2D eigenvalue weighted by Crippen LogP contribution is -2.57. The quantitative estimate of drug-likeness (QED) is 0.115. The molecule has 0 radical (unpaired) electrons. The summed E-state index contributed by atoms with van der Waals surface area (Å²) in [5, 5.41) is 31.9. The number of carboxylic acid groups (broad SMARTS) is 1. The lowest BCUT2D eigenvalue weighted by Gasteiger charge is -2.30. The molecule has 0 aromatic heterocycles. The Kier molecular flexibility index (Phi) is 17.5. The molecule has 50 heavy (non-hydrogen) atoms. The van der Waals surface area contributed by atoms with Gasteiger partial charge in [0.15, 0.2) is 0 Å². The molecule has 12 nitrogen and oxygen atoms in total. The SMILES string of the molecule is CCOc1cccc(CC(=O)N[C@H](C(=O)N[C@@H](Cc2ccccc2)[C@@H](O)CC(=O)N[C@H](C(=O)NC(C(=O)O)C(C)C)[C@@H](C)CC)[C@@H](C)CC)c1. The fourth-order valence-corrected chi connectivity index (χ4v) is 5.47. The van der Waals surface area contributed by atoms with Crippen molar-refractivity contribution in [3.63, 3.8) is 0 Å². The van der Waals surface area contributed by atoms with E-state index in [1.807, 2.05) is 64.1 Å². The van der Waals surface area contributed by atoms with E-state index >= 15 is 0 Å². The number of aliphatic carboxylic acids is 1. The van der Waals surface area contributed by atoms with Crippen molar-refractivity contribution < 1.29 is 38.9 Å². The van der Waals surface area contributed by atoms with Crippen molar-refractivity contribution in [1.29, 1.82) is 0 Å². The Morgan fingerprint density at radius 3 is 1.80 bits per heavy atom. The van der Waals surface area contributed by atoms with Crippen LogP contribution in [0.3, 0.4) is 0 Å². The average Bonchev–Trinajstić information content (AvgIpc) is 3.07. The third-order valence-corrected chi connectivity index (χ3v) is 8.91. The molecule has 2 aromatic rings. The normalized spacial score (nSPS) is 15.4. The molecule has 0 bridgehead atoms. The first kappa shape index (κ1) is 41.7. The summed E-state index contributed by atoms with van der Waals surface area (Å²) in [4.78, 5) is 65.2. The highest BCUT2D eigenvalue weighted by molar-refractivity contribution is 5.91. The van der Waals surface area contributed by atoms with Crippen LogP contribution in [0.2, 0.25) is 0 Å². The molecule has 2 rings (SSSR count). The molecule has 0 aliphatic heterocycles. The second-order valence-electron chi connectivity index (χ2n) is 13.3. The highest BCUT2D eigenvalue weighted by atomic mass is 16.5. The Morgan fingerprint density at radius 1 is 0.700 bits per heavy atom. The first-order valence-corrected chi connectivity index (χ1v) is 17.6. The fourth-order valence-electron chi connectivity index (χ4n) is 5.47. The van der Waals surface area contributed by atoms with E-state index in [9.17, 15) is 34.2 Å². The molecule has 4 amide bonds. The predicted molar refractivity (Wildman–Crippen MR) is 191 cm³/mol. The number of carboxylic acids is 1. The summed E-state index contributed by atoms with van der Waals surface area (Å²) < 4.78 is 5.54. The molecule has 0 heterocycles. The highest BCUT2D eigenvalue weighted by Gasteiger charge is 2.34. The molecule has 0 aliphatic rings. The van der Waals surface area contributed by atoms with Crippen molar-refractivity contribution in [2.75, 3.05) is 6.61 Å². The van der Waals surface area contributed by atoms with Gasteiger partial charge in [-0.1, -0.05) is 96.8 Å². The van der Waals surface area contributed by atoms with Gasteiger partial charge in [0.1, 0.15) is 23.9 Å². The average molecular weight is 697 g/mol. The predicted octanol–water partition coefficient (Wildman–Crippen LogP) is 3.39. The van der Waals surface area contributed by atoms with Gasteiger partial charge >= 0.3 is 5.97 Å². The largest absolute Gasteiger partial charge is 0.494 e. The zero-order valence-corrected chi connectivity index (χ0v) is 30.4. The van der Waals surface area contributed by atoms with E-state index in [-0.39, 0.29) is 36.5 Å². The van der Waals surface area contributed by atoms with Gasteiger partial charge in [-0.15, -0.1) is 0 Å². The van der Waals surface area contributed by atoms with Crippen molar-refractivity contribution in [2.24, 2.45) is 17.8 Å². The number of aliphatic hydroxyl groups is 1. The van der Waals surface area contributed by atoms with Gasteiger partial charge in [-0.3, -0.25) is 19.2 Å². The number of benzene rings is 2. The summed E-state index contributed by atoms with van der Waals surface area (Å²) in [5.74, 6) is -3.62. The molecule has 0 spiro atoms. The van der Waals surface area contributed by atoms with Gasteiger partial charge in [-0.2, -0.15) is 0 Å². The Bertz CT molecular complexity index is 1400. The van der Waals surface area contributed by atoms with Crippen molar-refractivity contribution in [1.82, 2.24) is 21.3 Å². The molecule has 12 heteroatoms. The molecule has 276 valence electrons. The van der Waals surface area contributed by atoms with Crippen LogP contribution in [0.1, 0.15) is 78.9 Å². The molecular weight excluding hydrogens is 640 g/mol. The number of aliphatic hydroxyl groups excluding tert-OH is 1. The summed E-state index contributed by atoms with van der Waals surface area (Å²) in [6.07, 6.45) is -0.472. The van der Waals surface area contributed by atoms with Gasteiger partial charge in [0, 0.05) is 0 Å². The Hall–Kier alpha value is -4.45. The van der Waals surface area contributed by atoms with Crippen molar-refractivity contribution >= 4 is 29.6 Å². The van der Waals surface area contributed by atoms with Crippen LogP contribution in [0.15, 0.2) is 54.6 Å². The van der Waals surface area contributed by atoms with E-state index in [2.05, 4.69) is 21.3 Å². The van der Waals surface area contributed by atoms with Crippen molar-refractivity contribution in [3.8, 4) is 5.75 Å². The van der Waals surface area contributed by atoms with Gasteiger partial charge in [-0.25, -0.2) is 4.79 Å². The van der Waals surface area contributed by atoms with Gasteiger partial charge in [0.2, 0.25) is 23.6 Å². The van der Waals surface area contributed by atoms with E-state index in [1.54, 1.807) is 39.0 Å². The summed E-state index contributed by atoms with van der Waals surface area (Å²) in [6.45, 7) is 13.1. The maximum atomic E-state index is 13.8. The van der Waals surface area contributed by atoms with Crippen LogP contribution in [0.4, 0.5) is 0 Å². The van der Waals surface area contributed by atoms with E-state index in [0.717, 1.165) is 11.1 Å². The Labute approximate surface area is 296 Å². The molecule has 6 N–H and O–H groups in total. The Morgan fingerprint density at radius 2 is 1.26 bits per heavy atom. The van der Waals surface area contributed by atoms with E-state index in [1.165, 1.54) is 0 Å². The van der Waals surface area contributed by atoms with Crippen LogP contribution in [-0.2, 0) is 36.8 Å². The van der Waals surface area contributed by atoms with Gasteiger partial charge in [0.25, 0.3) is 0 Å². The van der Waals surface area contributed by atoms with Gasteiger partial charge in [-0.05, 0) is 54.4 Å². The number of rotatable bonds is 21. The molecule has 2 aromatic carbocycles. The van der Waals surface area contributed by atoms with E-state index in [0.29, 0.717) is 25.2 Å². The zero-order valence-electron chi connectivity index (χ0n) is 30.4. The monoisotopic (exact) mass is 696 g/mol. The number of amides is 4. The van der Waals surface area contributed by atoms with Crippen LogP contribution in [0.25, 0.3) is 0 Å². The topological polar surface area (TPSA) is 183 Å². The number of carbonyl (C=O) groups is 5. The van der Waals surface area contributed by atoms with Crippen LogP contribution in [0.5, 0.6) is 5.75 Å². The van der Waals surface area contributed by atoms with Crippen LogP contribution in [-0.4, -0.2) is 76.7 Å². The van der Waals surface area contributed by atoms with Crippen molar-refractivity contribution in [3.05, 3.63) is 65.7 Å². The third-order valence-electron chi connectivity index (χ3n) is 8.91. The molecule has 0 fully saturated rings. The number of hydrogen-bond donors (Lipinski definition) is 6. The minimum atomic E-state index is -1.36. The number of hydrogen-bond acceptors (Lipinski definition) is 7. The maximum absolute atomic E-state index is 13.8. The molecular formula is C38H56N4O8. The lowest BCUT2D eigenvalue weighted by atomic mass is 9.94. The summed E-state index contributed by atoms with van der Waals surface area (Å²) >= 11 is 0. The molecule has 0 saturated carbocycles. The summed E-state index contributed by atoms with van der Waals surface area (Å²) in [7, 11) is 0. The Balaban J connectivity index is 2.24. The van der Waals surface area contributed by atoms with E-state index in [4.69, 9.17) is 4.74 Å². The van der Waals surface area contributed by atoms with Crippen LogP contribution in [0, 0.1) is 17.8 Å². The van der Waals surface area contributed by atoms with E-state index < -0.39 is 60.4 Å². The first-order valence-electron chi connectivity index (χ1n) is 17.6. The summed E-state index contributed by atoms with van der Waals surface area (Å²) in [6, 6.07) is 12.4. The van der Waals surface area contributed by atoms with Crippen LogP contribution < -0.4 is 26.0 Å². The molecule has 7 atom stereocenters. The molecule has 0 aliphatic carbocycles. The molecule has 0 saturated heterocycles. The minimum absolute atomic E-state index is 0.0344. The minimum Gasteiger partial charge on any atom is -0.494 e. The number of carbonyl (C=O) groups excluding carboxylic acids is 4.